The van der Waals surface area contributed by atoms with Crippen molar-refractivity contribution in [1.29, 1.82) is 0 Å². The lowest BCUT2D eigenvalue weighted by molar-refractivity contribution is 0.0290. The van der Waals surface area contributed by atoms with Gasteiger partial charge >= 0.3 is 5.97 Å². The van der Waals surface area contributed by atoms with Gasteiger partial charge in [-0.1, -0.05) is 166 Å². The maximum Gasteiger partial charge on any atom is 0.339 e. The number of ether oxygens (including phenoxy) is 1. The molecule has 45 heavy (non-hydrogen) atoms. The van der Waals surface area contributed by atoms with Crippen molar-refractivity contribution in [3.8, 4) is 0 Å². The van der Waals surface area contributed by atoms with Gasteiger partial charge in [-0.05, 0) is 58.3 Å². The summed E-state index contributed by atoms with van der Waals surface area (Å²) in [5, 5.41) is 5.53. The maximum atomic E-state index is 14.1. The van der Waals surface area contributed by atoms with Gasteiger partial charge in [0.1, 0.15) is 6.10 Å². The molecule has 0 aliphatic rings. The van der Waals surface area contributed by atoms with Crippen LogP contribution in [0, 0.1) is 0 Å². The Morgan fingerprint density at radius 2 is 1.13 bits per heavy atom. The smallest absolute Gasteiger partial charge is 0.339 e. The van der Waals surface area contributed by atoms with E-state index in [9.17, 15) is 4.79 Å². The predicted molar refractivity (Wildman–Crippen MR) is 193 cm³/mol. The molecule has 0 saturated heterocycles. The Bertz CT molecular complexity index is 1610. The Morgan fingerprint density at radius 3 is 1.60 bits per heavy atom. The van der Waals surface area contributed by atoms with E-state index in [1.807, 2.05) is 61.5 Å². The molecule has 228 valence electrons. The van der Waals surface area contributed by atoms with Crippen LogP contribution in [-0.4, -0.2) is 27.0 Å². The van der Waals surface area contributed by atoms with E-state index in [1.165, 1.54) is 21.0 Å². The van der Waals surface area contributed by atoms with Gasteiger partial charge < -0.3 is 9.16 Å². The first-order valence-electron chi connectivity index (χ1n) is 15.4. The minimum absolute atomic E-state index is 0.187. The highest BCUT2D eigenvalue weighted by molar-refractivity contribution is 7.80. The molecule has 0 N–H and O–H groups in total. The Hall–Kier alpha value is -4.08. The summed E-state index contributed by atoms with van der Waals surface area (Å²) in [5.74, 6) is -0.348. The first-order valence-corrected chi connectivity index (χ1v) is 18.7. The van der Waals surface area contributed by atoms with Crippen molar-refractivity contribution in [2.75, 3.05) is 6.61 Å². The van der Waals surface area contributed by atoms with E-state index < -0.39 is 22.3 Å². The molecular weight excluding hydrogens is 587 g/mol. The fourth-order valence-corrected chi connectivity index (χ4v) is 12.9. The molecule has 0 aromatic heterocycles. The lowest BCUT2D eigenvalue weighted by atomic mass is 10.2. The van der Waals surface area contributed by atoms with E-state index in [4.69, 9.17) is 9.16 Å². The van der Waals surface area contributed by atoms with E-state index in [-0.39, 0.29) is 17.6 Å². The largest absolute Gasteiger partial charge is 0.452 e. The number of esters is 1. The minimum atomic E-state index is -2.81. The SMILES string of the molecule is C/C=C\[C@@H](CO[Si](c1ccccc1)(c1ccccc1)C(C)(C)C)OC(=O)c1ccccc1P(c1ccccc1)c1ccccc1. The first kappa shape index (κ1) is 32.3. The molecular formula is C40H41O3PSi. The standard InChI is InChI=1S/C40H41O3PSi/c1-5-20-32(31-42-45(40(2,3)4,35-25-14-8-15-26-35)36-27-16-9-17-28-36)43-39(41)37-29-18-19-30-38(37)44(33-21-10-6-11-22-33)34-23-12-7-13-24-34/h5-30,32H,31H2,1-4H3/b20-5-/t32-/m0/s1. The molecule has 5 aromatic rings. The van der Waals surface area contributed by atoms with Gasteiger partial charge in [0.15, 0.2) is 0 Å². The molecule has 0 spiro atoms. The zero-order valence-corrected chi connectivity index (χ0v) is 28.4. The number of rotatable bonds is 11. The van der Waals surface area contributed by atoms with Crippen LogP contribution in [0.3, 0.4) is 0 Å². The third-order valence-corrected chi connectivity index (χ3v) is 15.4. The van der Waals surface area contributed by atoms with Gasteiger partial charge in [-0.2, -0.15) is 0 Å². The highest BCUT2D eigenvalue weighted by Gasteiger charge is 2.50. The molecule has 0 heterocycles. The number of allylic oxidation sites excluding steroid dienone is 1. The molecule has 0 aliphatic carbocycles. The Kier molecular flexibility index (Phi) is 10.6. The van der Waals surface area contributed by atoms with E-state index >= 15 is 0 Å². The number of hydrogen-bond donors (Lipinski definition) is 0. The van der Waals surface area contributed by atoms with Crippen LogP contribution in [-0.2, 0) is 9.16 Å². The molecule has 0 unspecified atom stereocenters. The van der Waals surface area contributed by atoms with Crippen LogP contribution < -0.4 is 26.3 Å². The summed E-state index contributed by atoms with van der Waals surface area (Å²) in [6, 6.07) is 49.8. The fourth-order valence-electron chi connectivity index (χ4n) is 5.94. The van der Waals surface area contributed by atoms with E-state index in [0.29, 0.717) is 5.56 Å². The Balaban J connectivity index is 1.49. The summed E-state index contributed by atoms with van der Waals surface area (Å²) in [7, 11) is -3.79. The van der Waals surface area contributed by atoms with E-state index in [2.05, 4.69) is 124 Å². The summed E-state index contributed by atoms with van der Waals surface area (Å²) in [5.41, 5.74) is 0.580. The van der Waals surface area contributed by atoms with Crippen molar-refractivity contribution in [2.45, 2.75) is 38.8 Å². The highest BCUT2D eigenvalue weighted by atomic mass is 31.1. The van der Waals surface area contributed by atoms with Crippen LogP contribution in [0.4, 0.5) is 0 Å². The normalized spacial score (nSPS) is 12.7. The summed E-state index contributed by atoms with van der Waals surface area (Å²) in [6.07, 6.45) is 3.30. The minimum Gasteiger partial charge on any atom is -0.452 e. The van der Waals surface area contributed by atoms with Crippen LogP contribution in [0.25, 0.3) is 0 Å². The van der Waals surface area contributed by atoms with Crippen molar-refractivity contribution in [3.63, 3.8) is 0 Å². The molecule has 0 radical (unpaired) electrons. The molecule has 0 bridgehead atoms. The average Bonchev–Trinajstić information content (AvgIpc) is 3.07. The van der Waals surface area contributed by atoms with Gasteiger partial charge in [-0.25, -0.2) is 4.79 Å². The lowest BCUT2D eigenvalue weighted by Crippen LogP contribution is -2.67. The molecule has 5 rings (SSSR count). The van der Waals surface area contributed by atoms with Crippen LogP contribution in [0.15, 0.2) is 158 Å². The lowest BCUT2D eigenvalue weighted by Gasteiger charge is -2.43. The van der Waals surface area contributed by atoms with Crippen molar-refractivity contribution in [1.82, 2.24) is 0 Å². The third kappa shape index (κ3) is 7.26. The molecule has 0 saturated carbocycles. The van der Waals surface area contributed by atoms with E-state index in [0.717, 1.165) is 5.30 Å². The van der Waals surface area contributed by atoms with E-state index in [1.54, 1.807) is 0 Å². The van der Waals surface area contributed by atoms with Gasteiger partial charge in [0, 0.05) is 0 Å². The number of hydrogen-bond acceptors (Lipinski definition) is 3. The molecule has 0 aliphatic heterocycles. The number of carbonyl (C=O) groups is 1. The number of benzene rings is 5. The van der Waals surface area contributed by atoms with Crippen LogP contribution in [0.2, 0.25) is 5.04 Å². The third-order valence-electron chi connectivity index (χ3n) is 7.94. The molecule has 5 heteroatoms. The summed E-state index contributed by atoms with van der Waals surface area (Å²) >= 11 is 0. The second-order valence-corrected chi connectivity index (χ2v) is 18.5. The Morgan fingerprint density at radius 1 is 0.689 bits per heavy atom. The van der Waals surface area contributed by atoms with Crippen LogP contribution in [0.1, 0.15) is 38.1 Å². The van der Waals surface area contributed by atoms with Crippen molar-refractivity contribution in [3.05, 3.63) is 163 Å². The van der Waals surface area contributed by atoms with Crippen molar-refractivity contribution in [2.24, 2.45) is 0 Å². The zero-order chi connectivity index (χ0) is 31.7. The predicted octanol–water partition coefficient (Wildman–Crippen LogP) is 7.12. The first-order chi connectivity index (χ1) is 21.8. The monoisotopic (exact) mass is 628 g/mol. The van der Waals surface area contributed by atoms with Crippen molar-refractivity contribution < 1.29 is 14.0 Å². The summed E-state index contributed by atoms with van der Waals surface area (Å²) in [4.78, 5) is 14.1. The van der Waals surface area contributed by atoms with Crippen LogP contribution in [0.5, 0.6) is 0 Å². The number of carbonyl (C=O) groups excluding carboxylic acids is 1. The molecule has 3 nitrogen and oxygen atoms in total. The Labute approximate surface area is 270 Å². The molecule has 5 aromatic carbocycles. The molecule has 0 fully saturated rings. The maximum absolute atomic E-state index is 14.1. The zero-order valence-electron chi connectivity index (χ0n) is 26.5. The van der Waals surface area contributed by atoms with Gasteiger partial charge in [0.25, 0.3) is 8.32 Å². The summed E-state index contributed by atoms with van der Waals surface area (Å²) in [6.45, 7) is 8.95. The van der Waals surface area contributed by atoms with Crippen molar-refractivity contribution >= 4 is 48.5 Å². The molecule has 1 atom stereocenters. The molecule has 0 amide bonds. The highest BCUT2D eigenvalue weighted by Crippen LogP contribution is 2.37. The topological polar surface area (TPSA) is 35.5 Å². The van der Waals surface area contributed by atoms with Gasteiger partial charge in [0.2, 0.25) is 0 Å². The fraction of sp³-hybridized carbons (Fsp3) is 0.175. The second kappa shape index (κ2) is 14.8. The quantitative estimate of drug-likeness (QED) is 0.0676. The van der Waals surface area contributed by atoms with Gasteiger partial charge in [0.05, 0.1) is 12.2 Å². The van der Waals surface area contributed by atoms with Crippen LogP contribution >= 0.6 is 7.92 Å². The van der Waals surface area contributed by atoms with Gasteiger partial charge in [-0.3, -0.25) is 0 Å². The second-order valence-electron chi connectivity index (χ2n) is 12.0. The summed E-state index contributed by atoms with van der Waals surface area (Å²) < 4.78 is 13.4. The van der Waals surface area contributed by atoms with Gasteiger partial charge in [-0.15, -0.1) is 0 Å². The average molecular weight is 629 g/mol.